The van der Waals surface area contributed by atoms with Gasteiger partial charge >= 0.3 is 0 Å². The first-order chi connectivity index (χ1) is 10.9. The summed E-state index contributed by atoms with van der Waals surface area (Å²) in [6, 6.07) is 3.08. The Kier molecular flexibility index (Phi) is 6.04. The molecular formula is C16H21F2N3O2. The average Bonchev–Trinajstić information content (AvgIpc) is 2.49. The van der Waals surface area contributed by atoms with Crippen molar-refractivity contribution in [2.24, 2.45) is 5.92 Å². The van der Waals surface area contributed by atoms with Crippen LogP contribution in [0.25, 0.3) is 0 Å². The number of rotatable bonds is 5. The van der Waals surface area contributed by atoms with E-state index in [0.29, 0.717) is 5.92 Å². The summed E-state index contributed by atoms with van der Waals surface area (Å²) < 4.78 is 25.8. The summed E-state index contributed by atoms with van der Waals surface area (Å²) in [5, 5.41) is 4.93. The van der Waals surface area contributed by atoms with Gasteiger partial charge in [-0.15, -0.1) is 0 Å². The molecule has 0 aliphatic carbocycles. The predicted molar refractivity (Wildman–Crippen MR) is 82.8 cm³/mol. The first kappa shape index (κ1) is 17.3. The van der Waals surface area contributed by atoms with E-state index in [4.69, 9.17) is 0 Å². The fraction of sp³-hybridized carbons (Fsp3) is 0.500. The van der Waals surface area contributed by atoms with Crippen LogP contribution < -0.4 is 10.6 Å². The number of nitrogens with zero attached hydrogens (tertiary/aromatic N) is 1. The minimum atomic E-state index is -1.04. The van der Waals surface area contributed by atoms with Gasteiger partial charge in [0.15, 0.2) is 11.6 Å². The Hall–Kier alpha value is -2.02. The van der Waals surface area contributed by atoms with Crippen LogP contribution in [0, 0.1) is 17.6 Å². The molecule has 1 atom stereocenters. The molecule has 1 unspecified atom stereocenters. The summed E-state index contributed by atoms with van der Waals surface area (Å²) in [4.78, 5) is 25.6. The van der Waals surface area contributed by atoms with Gasteiger partial charge in [0.2, 0.25) is 11.8 Å². The lowest BCUT2D eigenvalue weighted by atomic mass is 10.0. The van der Waals surface area contributed by atoms with E-state index in [0.717, 1.165) is 31.6 Å². The molecule has 23 heavy (non-hydrogen) atoms. The van der Waals surface area contributed by atoms with E-state index in [1.165, 1.54) is 12.5 Å². The van der Waals surface area contributed by atoms with Gasteiger partial charge < -0.3 is 10.6 Å². The standard InChI is InChI=1S/C16H21F2N3O2/c1-11-3-2-6-21(9-11)10-16(23)19-8-15(22)20-12-4-5-13(17)14(18)7-12/h4-5,7,11H,2-3,6,8-10H2,1H3,(H,19,23)(H,20,22). The SMILES string of the molecule is CC1CCCN(CC(=O)NCC(=O)Nc2ccc(F)c(F)c2)C1. The topological polar surface area (TPSA) is 61.4 Å². The number of likely N-dealkylation sites (tertiary alicyclic amines) is 1. The Bertz CT molecular complexity index is 580. The van der Waals surface area contributed by atoms with E-state index in [-0.39, 0.29) is 24.7 Å². The Balaban J connectivity index is 1.73. The van der Waals surface area contributed by atoms with E-state index in [2.05, 4.69) is 22.5 Å². The smallest absolute Gasteiger partial charge is 0.243 e. The third kappa shape index (κ3) is 5.59. The van der Waals surface area contributed by atoms with Gasteiger partial charge in [-0.25, -0.2) is 8.78 Å². The van der Waals surface area contributed by atoms with E-state index in [1.807, 2.05) is 0 Å². The fourth-order valence-electron chi connectivity index (χ4n) is 2.65. The number of halogens is 2. The second-order valence-electron chi connectivity index (χ2n) is 5.94. The molecule has 2 rings (SSSR count). The molecule has 0 aromatic heterocycles. The van der Waals surface area contributed by atoms with Crippen molar-refractivity contribution >= 4 is 17.5 Å². The molecular weight excluding hydrogens is 304 g/mol. The van der Waals surface area contributed by atoms with Crippen molar-refractivity contribution < 1.29 is 18.4 Å². The van der Waals surface area contributed by atoms with Crippen molar-refractivity contribution in [1.29, 1.82) is 0 Å². The molecule has 5 nitrogen and oxygen atoms in total. The van der Waals surface area contributed by atoms with Gasteiger partial charge in [-0.3, -0.25) is 14.5 Å². The average molecular weight is 325 g/mol. The van der Waals surface area contributed by atoms with Crippen LogP contribution in [-0.2, 0) is 9.59 Å². The number of nitrogens with one attached hydrogen (secondary N) is 2. The Morgan fingerprint density at radius 1 is 1.26 bits per heavy atom. The highest BCUT2D eigenvalue weighted by Gasteiger charge is 2.18. The van der Waals surface area contributed by atoms with E-state index in [9.17, 15) is 18.4 Å². The Morgan fingerprint density at radius 2 is 2.04 bits per heavy atom. The highest BCUT2D eigenvalue weighted by molar-refractivity contribution is 5.94. The van der Waals surface area contributed by atoms with E-state index >= 15 is 0 Å². The van der Waals surface area contributed by atoms with Gasteiger partial charge in [-0.1, -0.05) is 6.92 Å². The molecule has 0 radical (unpaired) electrons. The van der Waals surface area contributed by atoms with Crippen LogP contribution in [0.4, 0.5) is 14.5 Å². The number of benzene rings is 1. The number of carbonyl (C=O) groups excluding carboxylic acids is 2. The minimum Gasteiger partial charge on any atom is -0.346 e. The third-order valence-corrected chi connectivity index (χ3v) is 3.76. The van der Waals surface area contributed by atoms with Crippen LogP contribution in [0.1, 0.15) is 19.8 Å². The summed E-state index contributed by atoms with van der Waals surface area (Å²) in [5.41, 5.74) is 0.146. The lowest BCUT2D eigenvalue weighted by Crippen LogP contribution is -2.43. The maximum absolute atomic E-state index is 13.0. The minimum absolute atomic E-state index is 0.146. The molecule has 1 aromatic rings. The van der Waals surface area contributed by atoms with Crippen molar-refractivity contribution in [3.8, 4) is 0 Å². The van der Waals surface area contributed by atoms with Crippen molar-refractivity contribution in [2.45, 2.75) is 19.8 Å². The zero-order valence-electron chi connectivity index (χ0n) is 13.1. The second kappa shape index (κ2) is 8.01. The summed E-state index contributed by atoms with van der Waals surface area (Å²) >= 11 is 0. The quantitative estimate of drug-likeness (QED) is 0.867. The zero-order chi connectivity index (χ0) is 16.8. The first-order valence-corrected chi connectivity index (χ1v) is 7.68. The van der Waals surface area contributed by atoms with Crippen LogP contribution in [0.2, 0.25) is 0 Å². The van der Waals surface area contributed by atoms with Crippen LogP contribution in [0.15, 0.2) is 18.2 Å². The van der Waals surface area contributed by atoms with E-state index < -0.39 is 17.5 Å². The monoisotopic (exact) mass is 325 g/mol. The summed E-state index contributed by atoms with van der Waals surface area (Å²) in [7, 11) is 0. The largest absolute Gasteiger partial charge is 0.346 e. The summed E-state index contributed by atoms with van der Waals surface area (Å²) in [6.45, 7) is 3.98. The van der Waals surface area contributed by atoms with Crippen molar-refractivity contribution in [1.82, 2.24) is 10.2 Å². The molecule has 1 fully saturated rings. The molecule has 0 saturated carbocycles. The normalized spacial score (nSPS) is 18.5. The molecule has 0 bridgehead atoms. The van der Waals surface area contributed by atoms with Crippen molar-refractivity contribution in [3.63, 3.8) is 0 Å². The number of anilines is 1. The van der Waals surface area contributed by atoms with Crippen LogP contribution >= 0.6 is 0 Å². The van der Waals surface area contributed by atoms with E-state index in [1.54, 1.807) is 0 Å². The molecule has 1 aliphatic heterocycles. The number of amides is 2. The second-order valence-corrected chi connectivity index (χ2v) is 5.94. The maximum atomic E-state index is 13.0. The van der Waals surface area contributed by atoms with Crippen LogP contribution in [-0.4, -0.2) is 42.9 Å². The summed E-state index contributed by atoms with van der Waals surface area (Å²) in [5.74, 6) is -2.15. The highest BCUT2D eigenvalue weighted by atomic mass is 19.2. The summed E-state index contributed by atoms with van der Waals surface area (Å²) in [6.07, 6.45) is 2.25. The van der Waals surface area contributed by atoms with Crippen LogP contribution in [0.3, 0.4) is 0 Å². The zero-order valence-corrected chi connectivity index (χ0v) is 13.1. The van der Waals surface area contributed by atoms with Gasteiger partial charge in [0.1, 0.15) is 0 Å². The van der Waals surface area contributed by atoms with Crippen LogP contribution in [0.5, 0.6) is 0 Å². The maximum Gasteiger partial charge on any atom is 0.243 e. The third-order valence-electron chi connectivity index (χ3n) is 3.76. The molecule has 1 saturated heterocycles. The number of hydrogen-bond acceptors (Lipinski definition) is 3. The molecule has 1 aliphatic rings. The number of carbonyl (C=O) groups is 2. The Morgan fingerprint density at radius 3 is 2.74 bits per heavy atom. The first-order valence-electron chi connectivity index (χ1n) is 7.68. The van der Waals surface area contributed by atoms with Gasteiger partial charge in [-0.2, -0.15) is 0 Å². The molecule has 1 aromatic carbocycles. The van der Waals surface area contributed by atoms with Gasteiger partial charge in [-0.05, 0) is 37.4 Å². The Labute approximate surface area is 134 Å². The van der Waals surface area contributed by atoms with Gasteiger partial charge in [0, 0.05) is 18.3 Å². The lowest BCUT2D eigenvalue weighted by Gasteiger charge is -2.30. The number of piperidine rings is 1. The molecule has 2 amide bonds. The molecule has 2 N–H and O–H groups in total. The van der Waals surface area contributed by atoms with Gasteiger partial charge in [0.25, 0.3) is 0 Å². The molecule has 7 heteroatoms. The number of hydrogen-bond donors (Lipinski definition) is 2. The molecule has 1 heterocycles. The molecule has 0 spiro atoms. The fourth-order valence-corrected chi connectivity index (χ4v) is 2.65. The van der Waals surface area contributed by atoms with Crippen molar-refractivity contribution in [2.75, 3.05) is 31.5 Å². The lowest BCUT2D eigenvalue weighted by molar-refractivity contribution is -0.125. The molecule has 126 valence electrons. The van der Waals surface area contributed by atoms with Gasteiger partial charge in [0.05, 0.1) is 13.1 Å². The highest BCUT2D eigenvalue weighted by Crippen LogP contribution is 2.15. The predicted octanol–water partition coefficient (Wildman–Crippen LogP) is 1.75. The van der Waals surface area contributed by atoms with Crippen molar-refractivity contribution in [3.05, 3.63) is 29.8 Å².